The number of hydrogen-bond acceptors (Lipinski definition) is 5. The molecule has 2 aromatic rings. The molecule has 0 spiro atoms. The summed E-state index contributed by atoms with van der Waals surface area (Å²) in [6, 6.07) is 14.2. The molecule has 2 aromatic carbocycles. The summed E-state index contributed by atoms with van der Waals surface area (Å²) < 4.78 is 12.2. The van der Waals surface area contributed by atoms with Crippen LogP contribution in [-0.2, 0) is 16.2 Å². The highest BCUT2D eigenvalue weighted by Gasteiger charge is 2.43. The van der Waals surface area contributed by atoms with Crippen LogP contribution in [0.25, 0.3) is 0 Å². The molecule has 1 heterocycles. The minimum absolute atomic E-state index is 0.169. The van der Waals surface area contributed by atoms with Crippen molar-refractivity contribution in [2.75, 3.05) is 13.2 Å². The van der Waals surface area contributed by atoms with Crippen molar-refractivity contribution < 1.29 is 19.1 Å². The number of Topliss-reactive ketones (excluding diaryl/α,β-unsaturated/α-hetero) is 2. The summed E-state index contributed by atoms with van der Waals surface area (Å²) in [6.45, 7) is 7.85. The number of nitrogens with zero attached hydrogens (tertiary/aromatic N) is 1. The van der Waals surface area contributed by atoms with E-state index in [1.165, 1.54) is 5.56 Å². The molecule has 36 heavy (non-hydrogen) atoms. The highest BCUT2D eigenvalue weighted by molar-refractivity contribution is 6.06. The SMILES string of the molecule is CCOc1cc(C2C3=C(CCCC3=O)N(CC)C3=C2C(=O)CCC3)ccc1OCc1cccc(C)c1. The van der Waals surface area contributed by atoms with E-state index in [0.29, 0.717) is 37.6 Å². The largest absolute Gasteiger partial charge is 0.490 e. The lowest BCUT2D eigenvalue weighted by Crippen LogP contribution is -2.39. The third kappa shape index (κ3) is 4.47. The molecule has 2 aliphatic carbocycles. The Kier molecular flexibility index (Phi) is 6.99. The van der Waals surface area contributed by atoms with Gasteiger partial charge in [-0.25, -0.2) is 0 Å². The van der Waals surface area contributed by atoms with E-state index in [1.807, 2.05) is 31.2 Å². The van der Waals surface area contributed by atoms with Gasteiger partial charge in [-0.15, -0.1) is 0 Å². The van der Waals surface area contributed by atoms with E-state index in [9.17, 15) is 9.59 Å². The fourth-order valence-electron chi connectivity index (χ4n) is 5.99. The molecule has 5 rings (SSSR count). The van der Waals surface area contributed by atoms with Crippen LogP contribution < -0.4 is 9.47 Å². The third-order valence-electron chi connectivity index (χ3n) is 7.48. The summed E-state index contributed by atoms with van der Waals surface area (Å²) in [6.07, 6.45) is 4.58. The average molecular weight is 486 g/mol. The molecule has 5 heteroatoms. The zero-order valence-electron chi connectivity index (χ0n) is 21.6. The minimum atomic E-state index is -0.330. The highest BCUT2D eigenvalue weighted by Crippen LogP contribution is 2.50. The topological polar surface area (TPSA) is 55.8 Å². The van der Waals surface area contributed by atoms with Gasteiger partial charge in [0, 0.05) is 47.8 Å². The Hall–Kier alpha value is -3.34. The first-order valence-corrected chi connectivity index (χ1v) is 13.3. The van der Waals surface area contributed by atoms with Crippen LogP contribution in [0.1, 0.15) is 75.0 Å². The van der Waals surface area contributed by atoms with Crippen LogP contribution in [0.3, 0.4) is 0 Å². The lowest BCUT2D eigenvalue weighted by Gasteiger charge is -2.43. The Labute approximate surface area is 213 Å². The number of carbonyl (C=O) groups is 2. The van der Waals surface area contributed by atoms with Gasteiger partial charge in [0.2, 0.25) is 0 Å². The van der Waals surface area contributed by atoms with Crippen LogP contribution in [-0.4, -0.2) is 29.6 Å². The molecule has 0 bridgehead atoms. The van der Waals surface area contributed by atoms with Crippen molar-refractivity contribution >= 4 is 11.6 Å². The Balaban J connectivity index is 1.56. The molecule has 0 radical (unpaired) electrons. The molecule has 0 N–H and O–H groups in total. The van der Waals surface area contributed by atoms with E-state index in [1.54, 1.807) is 0 Å². The van der Waals surface area contributed by atoms with Crippen LogP contribution in [0.15, 0.2) is 65.0 Å². The van der Waals surface area contributed by atoms with Crippen molar-refractivity contribution in [3.8, 4) is 11.5 Å². The number of hydrogen-bond donors (Lipinski definition) is 0. The van der Waals surface area contributed by atoms with E-state index in [2.05, 4.69) is 36.9 Å². The van der Waals surface area contributed by atoms with E-state index >= 15 is 0 Å². The maximum absolute atomic E-state index is 13.3. The maximum atomic E-state index is 13.3. The zero-order valence-corrected chi connectivity index (χ0v) is 21.6. The van der Waals surface area contributed by atoms with Crippen LogP contribution >= 0.6 is 0 Å². The fraction of sp³-hybridized carbons (Fsp3) is 0.419. The summed E-state index contributed by atoms with van der Waals surface area (Å²) in [4.78, 5) is 29.0. The predicted octanol–water partition coefficient (Wildman–Crippen LogP) is 6.41. The van der Waals surface area contributed by atoms with Gasteiger partial charge in [-0.3, -0.25) is 9.59 Å². The molecule has 0 fully saturated rings. The molecule has 0 amide bonds. The Bertz CT molecular complexity index is 1210. The average Bonchev–Trinajstić information content (AvgIpc) is 2.87. The third-order valence-corrected chi connectivity index (χ3v) is 7.48. The number of benzene rings is 2. The summed E-state index contributed by atoms with van der Waals surface area (Å²) in [7, 11) is 0. The Morgan fingerprint density at radius 1 is 0.833 bits per heavy atom. The molecular weight excluding hydrogens is 450 g/mol. The molecule has 0 unspecified atom stereocenters. The predicted molar refractivity (Wildman–Crippen MR) is 140 cm³/mol. The molecule has 0 atom stereocenters. The Morgan fingerprint density at radius 2 is 1.53 bits per heavy atom. The first-order chi connectivity index (χ1) is 17.5. The summed E-state index contributed by atoms with van der Waals surface area (Å²) in [5.74, 6) is 1.32. The number of rotatable bonds is 7. The van der Waals surface area contributed by atoms with Crippen molar-refractivity contribution in [2.24, 2.45) is 0 Å². The second-order valence-electron chi connectivity index (χ2n) is 9.87. The number of allylic oxidation sites excluding steroid dienone is 4. The number of aryl methyl sites for hydroxylation is 1. The second-order valence-corrected chi connectivity index (χ2v) is 9.87. The monoisotopic (exact) mass is 485 g/mol. The van der Waals surface area contributed by atoms with Crippen molar-refractivity contribution in [3.05, 3.63) is 81.7 Å². The Morgan fingerprint density at radius 3 is 2.14 bits per heavy atom. The van der Waals surface area contributed by atoms with Crippen LogP contribution in [0.5, 0.6) is 11.5 Å². The molecule has 5 nitrogen and oxygen atoms in total. The molecule has 188 valence electrons. The number of ketones is 2. The van der Waals surface area contributed by atoms with Crippen molar-refractivity contribution in [1.82, 2.24) is 4.90 Å². The quantitative estimate of drug-likeness (QED) is 0.454. The normalized spacial score (nSPS) is 18.4. The highest BCUT2D eigenvalue weighted by atomic mass is 16.5. The smallest absolute Gasteiger partial charge is 0.161 e. The zero-order chi connectivity index (χ0) is 25.2. The lowest BCUT2D eigenvalue weighted by atomic mass is 9.71. The van der Waals surface area contributed by atoms with Crippen molar-refractivity contribution in [2.45, 2.75) is 71.8 Å². The van der Waals surface area contributed by atoms with Gasteiger partial charge >= 0.3 is 0 Å². The van der Waals surface area contributed by atoms with Gasteiger partial charge in [-0.05, 0) is 69.7 Å². The van der Waals surface area contributed by atoms with Gasteiger partial charge in [0.05, 0.1) is 6.61 Å². The second kappa shape index (κ2) is 10.3. The van der Waals surface area contributed by atoms with Crippen LogP contribution in [0.2, 0.25) is 0 Å². The maximum Gasteiger partial charge on any atom is 0.161 e. The van der Waals surface area contributed by atoms with Gasteiger partial charge in [0.25, 0.3) is 0 Å². The summed E-state index contributed by atoms with van der Waals surface area (Å²) in [5, 5.41) is 0. The fourth-order valence-corrected chi connectivity index (χ4v) is 5.99. The number of carbonyl (C=O) groups excluding carboxylic acids is 2. The molecular formula is C31H35NO4. The standard InChI is InChI=1S/C31H35NO4/c1-4-32-23-11-7-13-25(33)30(23)29(31-24(32)12-8-14-26(31)34)22-15-16-27(28(18-22)35-5-2)36-19-21-10-6-9-20(3)17-21/h6,9-10,15-18,29H,4-5,7-8,11-14,19H2,1-3H3. The lowest BCUT2D eigenvalue weighted by molar-refractivity contribution is -0.117. The summed E-state index contributed by atoms with van der Waals surface area (Å²) in [5.41, 5.74) is 7.08. The number of ether oxygens (including phenoxy) is 2. The van der Waals surface area contributed by atoms with Gasteiger partial charge in [0.1, 0.15) is 6.61 Å². The summed E-state index contributed by atoms with van der Waals surface area (Å²) >= 11 is 0. The van der Waals surface area contributed by atoms with E-state index in [0.717, 1.165) is 65.9 Å². The van der Waals surface area contributed by atoms with Gasteiger partial charge < -0.3 is 14.4 Å². The van der Waals surface area contributed by atoms with Crippen molar-refractivity contribution in [1.29, 1.82) is 0 Å². The van der Waals surface area contributed by atoms with Gasteiger partial charge in [-0.1, -0.05) is 35.9 Å². The van der Waals surface area contributed by atoms with E-state index < -0.39 is 0 Å². The molecule has 0 aromatic heterocycles. The van der Waals surface area contributed by atoms with Gasteiger partial charge in [-0.2, -0.15) is 0 Å². The van der Waals surface area contributed by atoms with Crippen molar-refractivity contribution in [3.63, 3.8) is 0 Å². The van der Waals surface area contributed by atoms with Crippen LogP contribution in [0, 0.1) is 6.92 Å². The molecule has 3 aliphatic rings. The van der Waals surface area contributed by atoms with E-state index in [4.69, 9.17) is 9.47 Å². The van der Waals surface area contributed by atoms with Crippen LogP contribution in [0.4, 0.5) is 0 Å². The first-order valence-electron chi connectivity index (χ1n) is 13.3. The molecule has 0 saturated heterocycles. The molecule has 0 saturated carbocycles. The first kappa shape index (κ1) is 24.4. The van der Waals surface area contributed by atoms with Gasteiger partial charge in [0.15, 0.2) is 23.1 Å². The van der Waals surface area contributed by atoms with E-state index in [-0.39, 0.29) is 17.5 Å². The minimum Gasteiger partial charge on any atom is -0.490 e. The molecule has 1 aliphatic heterocycles.